The zero-order valence-electron chi connectivity index (χ0n) is 45.8. The fourth-order valence-electron chi connectivity index (χ4n) is 10.4. The van der Waals surface area contributed by atoms with Crippen molar-refractivity contribution < 1.29 is 23.9 Å². The van der Waals surface area contributed by atoms with Gasteiger partial charge in [-0.3, -0.25) is 14.4 Å². The molecule has 0 aromatic heterocycles. The minimum atomic E-state index is -0.00144. The van der Waals surface area contributed by atoms with Crippen molar-refractivity contribution in [2.45, 2.75) is 317 Å². The molecule has 0 bridgehead atoms. The summed E-state index contributed by atoms with van der Waals surface area (Å²) >= 11 is 0. The Morgan fingerprint density at radius 3 is 1.18 bits per heavy atom. The van der Waals surface area contributed by atoms with E-state index in [1.165, 1.54) is 212 Å². The van der Waals surface area contributed by atoms with Crippen LogP contribution in [0.2, 0.25) is 0 Å². The molecule has 1 saturated heterocycles. The Hall–Kier alpha value is -1.63. The first-order valence-corrected chi connectivity index (χ1v) is 30.2. The third kappa shape index (κ3) is 38.8. The highest BCUT2D eigenvalue weighted by Gasteiger charge is 2.24. The molecule has 0 aromatic carbocycles. The van der Waals surface area contributed by atoms with Gasteiger partial charge in [-0.15, -0.1) is 0 Å². The average molecular weight is 946 g/mol. The van der Waals surface area contributed by atoms with Crippen molar-refractivity contribution in [2.24, 2.45) is 11.8 Å². The van der Waals surface area contributed by atoms with E-state index < -0.39 is 0 Å². The fourth-order valence-corrected chi connectivity index (χ4v) is 10.4. The molecule has 67 heavy (non-hydrogen) atoms. The molecule has 0 aliphatic carbocycles. The van der Waals surface area contributed by atoms with Gasteiger partial charge in [-0.2, -0.15) is 0 Å². The number of rotatable bonds is 51. The van der Waals surface area contributed by atoms with Gasteiger partial charge in [0.1, 0.15) is 0 Å². The number of hydrogen-bond acceptors (Lipinski definition) is 6. The Bertz CT molecular complexity index is 1040. The molecule has 0 saturated carbocycles. The van der Waals surface area contributed by atoms with E-state index in [0.29, 0.717) is 56.3 Å². The van der Waals surface area contributed by atoms with Gasteiger partial charge in [0.25, 0.3) is 0 Å². The largest absolute Gasteiger partial charge is 0.465 e. The molecule has 1 aliphatic rings. The maximum Gasteiger partial charge on any atom is 0.305 e. The number of carbonyl (C=O) groups excluding carboxylic acids is 3. The number of hydrogen-bond donors (Lipinski definition) is 0. The SMILES string of the molecule is CCCCCCCCCCN(C(=O)CCN1CCCC1)C(CCCCCCCCC(=O)OCC(CCCC)CCCCCC)CCCCCCCCC(=O)OCC(CCCC)CCCCCC. The average Bonchev–Trinajstić information content (AvgIpc) is 3.86. The molecule has 2 unspecified atom stereocenters. The van der Waals surface area contributed by atoms with Gasteiger partial charge in [0.05, 0.1) is 13.2 Å². The summed E-state index contributed by atoms with van der Waals surface area (Å²) in [6.45, 7) is 16.7. The lowest BCUT2D eigenvalue weighted by Crippen LogP contribution is -2.42. The number of carbonyl (C=O) groups is 3. The van der Waals surface area contributed by atoms with Crippen molar-refractivity contribution in [2.75, 3.05) is 39.4 Å². The summed E-state index contributed by atoms with van der Waals surface area (Å²) in [4.78, 5) is 44.3. The van der Waals surface area contributed by atoms with Crippen molar-refractivity contribution in [3.05, 3.63) is 0 Å². The fraction of sp³-hybridized carbons (Fsp3) is 0.950. The number of likely N-dealkylation sites (tertiary alicyclic amines) is 1. The van der Waals surface area contributed by atoms with Gasteiger partial charge in [0.2, 0.25) is 5.91 Å². The molecular formula is C60H116N2O5. The van der Waals surface area contributed by atoms with Gasteiger partial charge in [-0.1, -0.05) is 221 Å². The Morgan fingerprint density at radius 1 is 0.403 bits per heavy atom. The summed E-state index contributed by atoms with van der Waals surface area (Å²) < 4.78 is 11.6. The molecule has 7 heteroatoms. The van der Waals surface area contributed by atoms with E-state index in [0.717, 1.165) is 71.1 Å². The molecule has 1 rings (SSSR count). The molecule has 0 aromatic rings. The number of nitrogens with zero attached hydrogens (tertiary/aromatic N) is 2. The molecule has 1 amide bonds. The van der Waals surface area contributed by atoms with Crippen LogP contribution in [0.15, 0.2) is 0 Å². The summed E-state index contributed by atoms with van der Waals surface area (Å²) in [5.74, 6) is 1.44. The molecule has 0 N–H and O–H groups in total. The molecule has 7 nitrogen and oxygen atoms in total. The predicted octanol–water partition coefficient (Wildman–Crippen LogP) is 17.7. The van der Waals surface area contributed by atoms with Crippen LogP contribution in [0.4, 0.5) is 0 Å². The smallest absolute Gasteiger partial charge is 0.305 e. The second-order valence-electron chi connectivity index (χ2n) is 21.4. The number of ether oxygens (including phenoxy) is 2. The predicted molar refractivity (Wildman–Crippen MR) is 288 cm³/mol. The molecule has 396 valence electrons. The van der Waals surface area contributed by atoms with Crippen molar-refractivity contribution >= 4 is 17.8 Å². The topological polar surface area (TPSA) is 76.2 Å². The third-order valence-corrected chi connectivity index (χ3v) is 15.0. The van der Waals surface area contributed by atoms with Crippen LogP contribution in [0.3, 0.4) is 0 Å². The van der Waals surface area contributed by atoms with Gasteiger partial charge in [-0.25, -0.2) is 0 Å². The molecule has 1 fully saturated rings. The van der Waals surface area contributed by atoms with Gasteiger partial charge in [0, 0.05) is 38.4 Å². The van der Waals surface area contributed by atoms with E-state index in [-0.39, 0.29) is 11.9 Å². The Balaban J connectivity index is 2.64. The summed E-state index contributed by atoms with van der Waals surface area (Å²) in [7, 11) is 0. The number of amides is 1. The van der Waals surface area contributed by atoms with Crippen LogP contribution in [-0.2, 0) is 23.9 Å². The van der Waals surface area contributed by atoms with E-state index >= 15 is 0 Å². The van der Waals surface area contributed by atoms with Crippen LogP contribution in [0.25, 0.3) is 0 Å². The second kappa shape index (κ2) is 48.0. The molecule has 2 atom stereocenters. The van der Waals surface area contributed by atoms with Crippen molar-refractivity contribution in [3.8, 4) is 0 Å². The van der Waals surface area contributed by atoms with Crippen LogP contribution in [-0.4, -0.2) is 73.1 Å². The van der Waals surface area contributed by atoms with Crippen LogP contribution in [0.5, 0.6) is 0 Å². The van der Waals surface area contributed by atoms with Gasteiger partial charge in [0.15, 0.2) is 0 Å². The van der Waals surface area contributed by atoms with Gasteiger partial charge >= 0.3 is 11.9 Å². The third-order valence-electron chi connectivity index (χ3n) is 15.0. The maximum absolute atomic E-state index is 14.1. The summed E-state index contributed by atoms with van der Waals surface area (Å²) in [5.41, 5.74) is 0. The first kappa shape index (κ1) is 63.4. The number of esters is 2. The van der Waals surface area contributed by atoms with Crippen LogP contribution in [0.1, 0.15) is 311 Å². The van der Waals surface area contributed by atoms with E-state index in [2.05, 4.69) is 44.4 Å². The van der Waals surface area contributed by atoms with Crippen LogP contribution >= 0.6 is 0 Å². The van der Waals surface area contributed by atoms with Crippen LogP contribution < -0.4 is 0 Å². The zero-order valence-corrected chi connectivity index (χ0v) is 45.8. The molecule has 0 radical (unpaired) electrons. The minimum absolute atomic E-state index is 0.00144. The van der Waals surface area contributed by atoms with E-state index in [4.69, 9.17) is 9.47 Å². The first-order valence-electron chi connectivity index (χ1n) is 30.2. The van der Waals surface area contributed by atoms with Gasteiger partial charge in [-0.05, 0) is 95.6 Å². The highest BCUT2D eigenvalue weighted by Crippen LogP contribution is 2.24. The monoisotopic (exact) mass is 945 g/mol. The van der Waals surface area contributed by atoms with Crippen molar-refractivity contribution in [1.82, 2.24) is 9.80 Å². The molecule has 0 spiro atoms. The van der Waals surface area contributed by atoms with E-state index in [1.807, 2.05) is 0 Å². The second-order valence-corrected chi connectivity index (χ2v) is 21.4. The lowest BCUT2D eigenvalue weighted by Gasteiger charge is -2.33. The summed E-state index contributed by atoms with van der Waals surface area (Å²) in [6, 6.07) is 0.334. The highest BCUT2D eigenvalue weighted by atomic mass is 16.5. The summed E-state index contributed by atoms with van der Waals surface area (Å²) in [6.07, 6.45) is 50.2. The summed E-state index contributed by atoms with van der Waals surface area (Å²) in [5, 5.41) is 0. The Morgan fingerprint density at radius 2 is 0.746 bits per heavy atom. The van der Waals surface area contributed by atoms with E-state index in [1.54, 1.807) is 0 Å². The lowest BCUT2D eigenvalue weighted by atomic mass is 9.96. The maximum atomic E-state index is 14.1. The highest BCUT2D eigenvalue weighted by molar-refractivity contribution is 5.76. The van der Waals surface area contributed by atoms with Crippen molar-refractivity contribution in [1.29, 1.82) is 0 Å². The molecular weight excluding hydrogens is 829 g/mol. The Labute approximate surface area is 417 Å². The number of unbranched alkanes of at least 4 members (excludes halogenated alkanes) is 25. The minimum Gasteiger partial charge on any atom is -0.465 e. The molecule has 1 heterocycles. The van der Waals surface area contributed by atoms with E-state index in [9.17, 15) is 14.4 Å². The van der Waals surface area contributed by atoms with Crippen LogP contribution in [0, 0.1) is 11.8 Å². The quantitative estimate of drug-likeness (QED) is 0.0447. The van der Waals surface area contributed by atoms with Crippen molar-refractivity contribution in [3.63, 3.8) is 0 Å². The Kier molecular flexibility index (Phi) is 45.4. The standard InChI is InChI=1S/C60H116N2O5/c1-6-11-16-19-20-25-30-37-51-62(58(63)48-52-61-49-38-39-50-61)57(44-33-26-21-23-28-35-46-59(64)66-53-55(40-14-9-4)42-31-17-12-7-2)45-34-27-22-24-29-36-47-60(65)67-54-56(41-15-10-5)43-32-18-13-8-3/h55-57H,6-54H2,1-5H3. The zero-order chi connectivity index (χ0) is 48.7. The first-order chi connectivity index (χ1) is 32.9. The lowest BCUT2D eigenvalue weighted by molar-refractivity contribution is -0.146. The van der Waals surface area contributed by atoms with Gasteiger partial charge < -0.3 is 19.3 Å². The normalized spacial score (nSPS) is 14.3. The molecule has 1 aliphatic heterocycles.